The molecule has 0 spiro atoms. The van der Waals surface area contributed by atoms with Gasteiger partial charge < -0.3 is 5.11 Å². The average molecular weight is 249 g/mol. The summed E-state index contributed by atoms with van der Waals surface area (Å²) in [5.74, 6) is 0.643. The molecule has 1 N–H and O–H groups in total. The van der Waals surface area contributed by atoms with E-state index in [9.17, 15) is 5.11 Å². The minimum Gasteiger partial charge on any atom is -0.391 e. The molecule has 0 saturated carbocycles. The minimum atomic E-state index is -0.322. The van der Waals surface area contributed by atoms with Crippen molar-refractivity contribution in [3.05, 3.63) is 18.6 Å². The topological polar surface area (TPSA) is 46.0 Å². The second kappa shape index (κ2) is 5.50. The zero-order valence-corrected chi connectivity index (χ0v) is 8.75. The van der Waals surface area contributed by atoms with Gasteiger partial charge in [0.05, 0.1) is 12.3 Å². The van der Waals surface area contributed by atoms with Gasteiger partial charge in [0.15, 0.2) is 0 Å². The smallest absolute Gasteiger partial charge is 0.114 e. The molecule has 5 heteroatoms. The Labute approximate surface area is 83.8 Å². The van der Waals surface area contributed by atoms with Gasteiger partial charge in [-0.2, -0.15) is 0 Å². The highest BCUT2D eigenvalue weighted by Crippen LogP contribution is 2.14. The van der Waals surface area contributed by atoms with Crippen molar-refractivity contribution >= 4 is 27.7 Å². The second-order valence-electron chi connectivity index (χ2n) is 2.16. The number of aromatic nitrogens is 2. The molecular formula is C7H9BrN2OS. The third kappa shape index (κ3) is 3.51. The highest BCUT2D eigenvalue weighted by atomic mass is 79.9. The Morgan fingerprint density at radius 2 is 2.42 bits per heavy atom. The van der Waals surface area contributed by atoms with E-state index in [1.54, 1.807) is 18.6 Å². The van der Waals surface area contributed by atoms with Gasteiger partial charge in [-0.15, -0.1) is 11.8 Å². The van der Waals surface area contributed by atoms with Gasteiger partial charge in [0.25, 0.3) is 0 Å². The van der Waals surface area contributed by atoms with Crippen LogP contribution in [0.1, 0.15) is 0 Å². The maximum absolute atomic E-state index is 9.20. The molecule has 1 unspecified atom stereocenters. The van der Waals surface area contributed by atoms with Gasteiger partial charge in [0, 0.05) is 23.5 Å². The number of hydrogen-bond acceptors (Lipinski definition) is 4. The predicted molar refractivity (Wildman–Crippen MR) is 52.6 cm³/mol. The summed E-state index contributed by atoms with van der Waals surface area (Å²) in [7, 11) is 0. The van der Waals surface area contributed by atoms with Crippen LogP contribution in [0.4, 0.5) is 0 Å². The fraction of sp³-hybridized carbons (Fsp3) is 0.429. The first-order valence-corrected chi connectivity index (χ1v) is 5.56. The minimum absolute atomic E-state index is 0.322. The predicted octanol–water partition coefficient (Wildman–Crippen LogP) is 1.32. The van der Waals surface area contributed by atoms with Crippen LogP contribution >= 0.6 is 27.7 Å². The lowest BCUT2D eigenvalue weighted by Crippen LogP contribution is -2.10. The molecule has 1 heterocycles. The Bertz CT molecular complexity index is 222. The van der Waals surface area contributed by atoms with E-state index in [1.807, 2.05) is 0 Å². The maximum Gasteiger partial charge on any atom is 0.114 e. The van der Waals surface area contributed by atoms with Crippen LogP contribution in [0.5, 0.6) is 0 Å². The van der Waals surface area contributed by atoms with Crippen molar-refractivity contribution in [3.63, 3.8) is 0 Å². The third-order valence-electron chi connectivity index (χ3n) is 1.14. The number of rotatable bonds is 4. The molecule has 0 aliphatic carbocycles. The van der Waals surface area contributed by atoms with Gasteiger partial charge in [0.1, 0.15) is 5.03 Å². The van der Waals surface area contributed by atoms with Crippen LogP contribution < -0.4 is 0 Å². The van der Waals surface area contributed by atoms with Gasteiger partial charge in [-0.05, 0) is 0 Å². The standard InChI is InChI=1S/C7H9BrN2OS/c8-3-6(11)5-12-7-4-9-1-2-10-7/h1-2,4,6,11H,3,5H2. The van der Waals surface area contributed by atoms with E-state index in [1.165, 1.54) is 11.8 Å². The molecule has 0 amide bonds. The lowest BCUT2D eigenvalue weighted by molar-refractivity contribution is 0.226. The Morgan fingerprint density at radius 1 is 1.58 bits per heavy atom. The van der Waals surface area contributed by atoms with E-state index in [-0.39, 0.29) is 6.10 Å². The zero-order chi connectivity index (χ0) is 8.81. The Kier molecular flexibility index (Phi) is 4.57. The number of aliphatic hydroxyl groups excluding tert-OH is 1. The number of nitrogens with zero attached hydrogens (tertiary/aromatic N) is 2. The molecule has 12 heavy (non-hydrogen) atoms. The fourth-order valence-electron chi connectivity index (χ4n) is 0.586. The van der Waals surface area contributed by atoms with Crippen LogP contribution in [-0.4, -0.2) is 32.3 Å². The fourth-order valence-corrected chi connectivity index (χ4v) is 1.87. The Hall–Kier alpha value is -0.130. The quantitative estimate of drug-likeness (QED) is 0.645. The molecule has 1 rings (SSSR count). The van der Waals surface area contributed by atoms with Crippen molar-refractivity contribution in [3.8, 4) is 0 Å². The largest absolute Gasteiger partial charge is 0.391 e. The first-order valence-electron chi connectivity index (χ1n) is 3.45. The summed E-state index contributed by atoms with van der Waals surface area (Å²) in [5, 5.41) is 10.6. The van der Waals surface area contributed by atoms with E-state index < -0.39 is 0 Å². The molecule has 0 aliphatic rings. The summed E-state index contributed by atoms with van der Waals surface area (Å²) in [6.45, 7) is 0. The number of halogens is 1. The van der Waals surface area contributed by atoms with Crippen molar-refractivity contribution in [2.45, 2.75) is 11.1 Å². The van der Waals surface area contributed by atoms with Gasteiger partial charge in [-0.3, -0.25) is 4.98 Å². The summed E-state index contributed by atoms with van der Waals surface area (Å²) in [6.07, 6.45) is 4.64. The van der Waals surface area contributed by atoms with E-state index >= 15 is 0 Å². The van der Waals surface area contributed by atoms with Crippen LogP contribution in [0.2, 0.25) is 0 Å². The molecule has 0 radical (unpaired) electrons. The average Bonchev–Trinajstić information content (AvgIpc) is 2.16. The van der Waals surface area contributed by atoms with Crippen molar-refractivity contribution in [1.29, 1.82) is 0 Å². The molecule has 3 nitrogen and oxygen atoms in total. The van der Waals surface area contributed by atoms with Crippen LogP contribution in [0.15, 0.2) is 23.6 Å². The first-order chi connectivity index (χ1) is 5.83. The zero-order valence-electron chi connectivity index (χ0n) is 6.35. The molecule has 1 atom stereocenters. The lowest BCUT2D eigenvalue weighted by atomic mass is 10.5. The molecule has 0 saturated heterocycles. The summed E-state index contributed by atoms with van der Waals surface area (Å²) >= 11 is 4.69. The molecule has 66 valence electrons. The van der Waals surface area contributed by atoms with Crippen molar-refractivity contribution in [1.82, 2.24) is 9.97 Å². The van der Waals surface area contributed by atoms with Gasteiger partial charge in [-0.25, -0.2) is 4.98 Å². The lowest BCUT2D eigenvalue weighted by Gasteiger charge is -2.04. The number of alkyl halides is 1. The number of aliphatic hydroxyl groups is 1. The molecule has 1 aromatic rings. The maximum atomic E-state index is 9.20. The Morgan fingerprint density at radius 3 is 3.00 bits per heavy atom. The highest BCUT2D eigenvalue weighted by molar-refractivity contribution is 9.09. The van der Waals surface area contributed by atoms with Crippen LogP contribution in [0.25, 0.3) is 0 Å². The monoisotopic (exact) mass is 248 g/mol. The van der Waals surface area contributed by atoms with E-state index in [0.717, 1.165) is 5.03 Å². The van der Waals surface area contributed by atoms with Crippen LogP contribution in [0, 0.1) is 0 Å². The second-order valence-corrected chi connectivity index (χ2v) is 3.85. The molecule has 0 fully saturated rings. The van der Waals surface area contributed by atoms with E-state index in [0.29, 0.717) is 11.1 Å². The van der Waals surface area contributed by atoms with E-state index in [2.05, 4.69) is 25.9 Å². The van der Waals surface area contributed by atoms with Crippen molar-refractivity contribution in [2.75, 3.05) is 11.1 Å². The molecule has 0 aromatic carbocycles. The normalized spacial score (nSPS) is 12.8. The molecule has 0 bridgehead atoms. The highest BCUT2D eigenvalue weighted by Gasteiger charge is 2.02. The van der Waals surface area contributed by atoms with Gasteiger partial charge >= 0.3 is 0 Å². The third-order valence-corrected chi connectivity index (χ3v) is 2.95. The Balaban J connectivity index is 2.33. The van der Waals surface area contributed by atoms with Crippen molar-refractivity contribution in [2.24, 2.45) is 0 Å². The van der Waals surface area contributed by atoms with E-state index in [4.69, 9.17) is 0 Å². The van der Waals surface area contributed by atoms with Crippen molar-refractivity contribution < 1.29 is 5.11 Å². The number of thioether (sulfide) groups is 1. The molecular weight excluding hydrogens is 240 g/mol. The first kappa shape index (κ1) is 9.95. The summed E-state index contributed by atoms with van der Waals surface area (Å²) < 4.78 is 0. The summed E-state index contributed by atoms with van der Waals surface area (Å²) in [6, 6.07) is 0. The summed E-state index contributed by atoms with van der Waals surface area (Å²) in [5.41, 5.74) is 0. The van der Waals surface area contributed by atoms with Crippen LogP contribution in [-0.2, 0) is 0 Å². The molecule has 0 aliphatic heterocycles. The van der Waals surface area contributed by atoms with Gasteiger partial charge in [0.2, 0.25) is 0 Å². The SMILES string of the molecule is OC(CBr)CSc1cnccn1. The molecule has 1 aromatic heterocycles. The van der Waals surface area contributed by atoms with Gasteiger partial charge in [-0.1, -0.05) is 15.9 Å². The van der Waals surface area contributed by atoms with Crippen LogP contribution in [0.3, 0.4) is 0 Å². The summed E-state index contributed by atoms with van der Waals surface area (Å²) in [4.78, 5) is 7.97. The number of hydrogen-bond donors (Lipinski definition) is 1.